The molecule has 0 aliphatic rings. The van der Waals surface area contributed by atoms with E-state index in [0.29, 0.717) is 0 Å². The third-order valence-corrected chi connectivity index (χ3v) is 4.48. The van der Waals surface area contributed by atoms with Crippen molar-refractivity contribution in [3.8, 4) is 11.1 Å². The molecule has 0 bridgehead atoms. The van der Waals surface area contributed by atoms with E-state index in [1.54, 1.807) is 0 Å². The molecule has 2 aromatic heterocycles. The van der Waals surface area contributed by atoms with Crippen molar-refractivity contribution in [1.29, 1.82) is 0 Å². The van der Waals surface area contributed by atoms with Crippen LogP contribution >= 0.6 is 0 Å². The number of benzene rings is 2. The second-order valence-corrected chi connectivity index (χ2v) is 7.37. The molecule has 0 aliphatic heterocycles. The lowest BCUT2D eigenvalue weighted by molar-refractivity contribution is 0.524. The number of nitrogens with zero attached hydrogens (tertiary/aromatic N) is 3. The molecule has 0 aliphatic carbocycles. The van der Waals surface area contributed by atoms with Crippen LogP contribution in [0.5, 0.6) is 0 Å². The molecule has 3 nitrogen and oxygen atoms in total. The minimum Gasteiger partial charge on any atom is -0.271 e. The number of hydrogen-bond donors (Lipinski definition) is 0. The van der Waals surface area contributed by atoms with E-state index < -0.39 is 0 Å². The van der Waals surface area contributed by atoms with Gasteiger partial charge in [-0.3, -0.25) is 4.68 Å². The highest BCUT2D eigenvalue weighted by molar-refractivity contribution is 5.94. The zero-order valence-electron chi connectivity index (χ0n) is 14.5. The third kappa shape index (κ3) is 2.37. The van der Waals surface area contributed by atoms with Crippen LogP contribution in [0, 0.1) is 0 Å². The average molecular weight is 315 g/mol. The van der Waals surface area contributed by atoms with Crippen LogP contribution in [0.2, 0.25) is 0 Å². The van der Waals surface area contributed by atoms with Gasteiger partial charge in [-0.15, -0.1) is 0 Å². The molecule has 24 heavy (non-hydrogen) atoms. The molecule has 0 atom stereocenters. The van der Waals surface area contributed by atoms with E-state index in [4.69, 9.17) is 4.98 Å². The van der Waals surface area contributed by atoms with Crippen molar-refractivity contribution in [3.05, 3.63) is 60.4 Å². The maximum atomic E-state index is 4.84. The summed E-state index contributed by atoms with van der Waals surface area (Å²) in [5, 5.41) is 6.83. The molecule has 0 radical (unpaired) electrons. The van der Waals surface area contributed by atoms with Crippen LogP contribution < -0.4 is 0 Å². The molecule has 0 fully saturated rings. The number of aryl methyl sites for hydroxylation is 1. The van der Waals surface area contributed by atoms with Crippen LogP contribution in [0.3, 0.4) is 0 Å². The summed E-state index contributed by atoms with van der Waals surface area (Å²) >= 11 is 0. The molecule has 3 heteroatoms. The lowest BCUT2D eigenvalue weighted by Gasteiger charge is -2.21. The van der Waals surface area contributed by atoms with Gasteiger partial charge in [-0.05, 0) is 23.8 Å². The Morgan fingerprint density at radius 1 is 0.875 bits per heavy atom. The fourth-order valence-electron chi connectivity index (χ4n) is 3.48. The van der Waals surface area contributed by atoms with Gasteiger partial charge in [0.2, 0.25) is 0 Å². The number of rotatable bonds is 1. The summed E-state index contributed by atoms with van der Waals surface area (Å²) < 4.78 is 1.98. The molecule has 4 aromatic rings. The predicted octanol–water partition coefficient (Wildman–Crippen LogP) is 5.09. The largest absolute Gasteiger partial charge is 0.271 e. The van der Waals surface area contributed by atoms with E-state index in [1.807, 2.05) is 24.0 Å². The van der Waals surface area contributed by atoms with Gasteiger partial charge in [0.15, 0.2) is 0 Å². The van der Waals surface area contributed by atoms with Crippen LogP contribution in [0.25, 0.3) is 32.9 Å². The molecule has 0 N–H and O–H groups in total. The highest BCUT2D eigenvalue weighted by Crippen LogP contribution is 2.34. The summed E-state index contributed by atoms with van der Waals surface area (Å²) in [5.41, 5.74) is 5.68. The minimum absolute atomic E-state index is 0.0341. The molecule has 0 unspecified atom stereocenters. The zero-order chi connectivity index (χ0) is 16.9. The monoisotopic (exact) mass is 315 g/mol. The Kier molecular flexibility index (Phi) is 3.20. The van der Waals surface area contributed by atoms with Gasteiger partial charge in [0.1, 0.15) is 0 Å². The van der Waals surface area contributed by atoms with Crippen molar-refractivity contribution >= 4 is 21.8 Å². The maximum absolute atomic E-state index is 4.84. The second kappa shape index (κ2) is 5.17. The molecule has 120 valence electrons. The van der Waals surface area contributed by atoms with E-state index in [1.165, 1.54) is 27.6 Å². The summed E-state index contributed by atoms with van der Waals surface area (Å²) in [6.45, 7) is 6.67. The highest BCUT2D eigenvalue weighted by atomic mass is 15.3. The van der Waals surface area contributed by atoms with Gasteiger partial charge in [0, 0.05) is 28.8 Å². The molecule has 0 spiro atoms. The number of hydrogen-bond acceptors (Lipinski definition) is 2. The van der Waals surface area contributed by atoms with Gasteiger partial charge in [0.25, 0.3) is 0 Å². The number of pyridine rings is 1. The van der Waals surface area contributed by atoms with Crippen molar-refractivity contribution in [2.45, 2.75) is 26.2 Å². The highest BCUT2D eigenvalue weighted by Gasteiger charge is 2.23. The van der Waals surface area contributed by atoms with Crippen molar-refractivity contribution < 1.29 is 0 Å². The summed E-state index contributed by atoms with van der Waals surface area (Å²) in [6.07, 6.45) is 1.96. The predicted molar refractivity (Wildman–Crippen MR) is 100 cm³/mol. The molecule has 2 aromatic carbocycles. The van der Waals surface area contributed by atoms with Crippen molar-refractivity contribution in [2.75, 3.05) is 0 Å². The first-order chi connectivity index (χ1) is 11.4. The van der Waals surface area contributed by atoms with Crippen molar-refractivity contribution in [3.63, 3.8) is 0 Å². The third-order valence-electron chi connectivity index (χ3n) is 4.48. The quantitative estimate of drug-likeness (QED) is 0.458. The minimum atomic E-state index is 0.0341. The van der Waals surface area contributed by atoms with Crippen molar-refractivity contribution in [1.82, 2.24) is 14.8 Å². The Hall–Kier alpha value is -2.68. The average Bonchev–Trinajstić information content (AvgIpc) is 2.94. The van der Waals surface area contributed by atoms with E-state index in [-0.39, 0.29) is 5.41 Å². The molecule has 0 saturated heterocycles. The van der Waals surface area contributed by atoms with E-state index >= 15 is 0 Å². The first kappa shape index (κ1) is 14.9. The normalized spacial score (nSPS) is 12.2. The van der Waals surface area contributed by atoms with Crippen LogP contribution in [-0.4, -0.2) is 14.8 Å². The summed E-state index contributed by atoms with van der Waals surface area (Å²) in [4.78, 5) is 4.84. The van der Waals surface area contributed by atoms with Crippen LogP contribution in [0.15, 0.2) is 54.7 Å². The molecule has 0 amide bonds. The van der Waals surface area contributed by atoms with Crippen LogP contribution in [0.4, 0.5) is 0 Å². The maximum Gasteiger partial charge on any atom is 0.0715 e. The Labute approximate surface area is 142 Å². The smallest absolute Gasteiger partial charge is 0.0715 e. The standard InChI is InChI=1S/C21H21N3/c1-21(2,3)20-17(13-22-24(20)4)14-9-10-16-11-15-7-5-6-8-18(15)23-19(16)12-14/h5-13H,1-4H3. The van der Waals surface area contributed by atoms with E-state index in [9.17, 15) is 0 Å². The zero-order valence-corrected chi connectivity index (χ0v) is 14.5. The fraction of sp³-hybridized carbons (Fsp3) is 0.238. The SMILES string of the molecule is Cn1ncc(-c2ccc3cc4ccccc4nc3c2)c1C(C)(C)C. The Balaban J connectivity index is 1.94. The topological polar surface area (TPSA) is 30.7 Å². The van der Waals surface area contributed by atoms with Gasteiger partial charge >= 0.3 is 0 Å². The molecular formula is C21H21N3. The van der Waals surface area contributed by atoms with E-state index in [2.05, 4.69) is 68.3 Å². The van der Waals surface area contributed by atoms with Crippen molar-refractivity contribution in [2.24, 2.45) is 7.05 Å². The summed E-state index contributed by atoms with van der Waals surface area (Å²) in [5.74, 6) is 0. The summed E-state index contributed by atoms with van der Waals surface area (Å²) in [7, 11) is 2.01. The van der Waals surface area contributed by atoms with Gasteiger partial charge in [0.05, 0.1) is 22.9 Å². The second-order valence-electron chi connectivity index (χ2n) is 7.37. The van der Waals surface area contributed by atoms with Gasteiger partial charge in [-0.1, -0.05) is 51.1 Å². The van der Waals surface area contributed by atoms with Gasteiger partial charge in [-0.2, -0.15) is 5.10 Å². The Morgan fingerprint density at radius 2 is 1.62 bits per heavy atom. The van der Waals surface area contributed by atoms with Gasteiger partial charge in [-0.25, -0.2) is 4.98 Å². The number of aromatic nitrogens is 3. The molecular weight excluding hydrogens is 294 g/mol. The molecule has 0 saturated carbocycles. The Morgan fingerprint density at radius 3 is 2.42 bits per heavy atom. The van der Waals surface area contributed by atoms with E-state index in [0.717, 1.165) is 11.0 Å². The summed E-state index contributed by atoms with van der Waals surface area (Å²) in [6, 6.07) is 17.0. The number of para-hydroxylation sites is 1. The lowest BCUT2D eigenvalue weighted by Crippen LogP contribution is -2.17. The molecule has 4 rings (SSSR count). The fourth-order valence-corrected chi connectivity index (χ4v) is 3.48. The lowest BCUT2D eigenvalue weighted by atomic mass is 9.87. The first-order valence-corrected chi connectivity index (χ1v) is 8.26. The molecule has 2 heterocycles. The van der Waals surface area contributed by atoms with Crippen LogP contribution in [-0.2, 0) is 12.5 Å². The van der Waals surface area contributed by atoms with Gasteiger partial charge < -0.3 is 0 Å². The van der Waals surface area contributed by atoms with Crippen LogP contribution in [0.1, 0.15) is 26.5 Å². The number of fused-ring (bicyclic) bond motifs is 2. The first-order valence-electron chi connectivity index (χ1n) is 8.26. The Bertz CT molecular complexity index is 1050.